The van der Waals surface area contributed by atoms with E-state index >= 15 is 0 Å². The number of methoxy groups -OCH3 is 1. The number of nitrogens with one attached hydrogen (secondary N) is 1. The van der Waals surface area contributed by atoms with Gasteiger partial charge in [-0.25, -0.2) is 4.79 Å². The van der Waals surface area contributed by atoms with E-state index in [4.69, 9.17) is 32.5 Å². The normalized spacial score (nSPS) is 14.6. The predicted octanol–water partition coefficient (Wildman–Crippen LogP) is 5.46. The minimum Gasteiger partial charge on any atom is -0.497 e. The molecule has 4 rings (SSSR count). The summed E-state index contributed by atoms with van der Waals surface area (Å²) in [6.07, 6.45) is 1.47. The quantitative estimate of drug-likeness (QED) is 0.574. The van der Waals surface area contributed by atoms with E-state index in [2.05, 4.69) is 15.5 Å². The van der Waals surface area contributed by atoms with E-state index in [1.165, 1.54) is 0 Å². The lowest BCUT2D eigenvalue weighted by atomic mass is 9.97. The van der Waals surface area contributed by atoms with Crippen LogP contribution >= 0.6 is 23.2 Å². The maximum absolute atomic E-state index is 12.6. The van der Waals surface area contributed by atoms with Crippen molar-refractivity contribution in [2.24, 2.45) is 0 Å². The molecule has 2 heterocycles. The Morgan fingerprint density at radius 1 is 1.17 bits per heavy atom. The van der Waals surface area contributed by atoms with Crippen molar-refractivity contribution in [3.63, 3.8) is 0 Å². The first-order chi connectivity index (χ1) is 14.5. The highest BCUT2D eigenvalue weighted by Gasteiger charge is 2.28. The molecule has 1 aliphatic rings. The van der Waals surface area contributed by atoms with Gasteiger partial charge in [-0.2, -0.15) is 4.98 Å². The number of carbonyl (C=O) groups excluding carboxylic acids is 1. The Morgan fingerprint density at radius 2 is 1.90 bits per heavy atom. The van der Waals surface area contributed by atoms with Crippen LogP contribution in [0, 0.1) is 0 Å². The Balaban J connectivity index is 1.36. The number of ether oxygens (including phenoxy) is 1. The van der Waals surface area contributed by atoms with Gasteiger partial charge in [-0.1, -0.05) is 34.4 Å². The van der Waals surface area contributed by atoms with Crippen molar-refractivity contribution in [2.75, 3.05) is 25.5 Å². The molecule has 1 N–H and O–H groups in total. The summed E-state index contributed by atoms with van der Waals surface area (Å²) in [5.74, 6) is 2.03. The fraction of sp³-hybridized carbons (Fsp3) is 0.286. The van der Waals surface area contributed by atoms with Gasteiger partial charge in [-0.15, -0.1) is 0 Å². The highest BCUT2D eigenvalue weighted by atomic mass is 35.5. The van der Waals surface area contributed by atoms with Crippen molar-refractivity contribution >= 4 is 34.9 Å². The van der Waals surface area contributed by atoms with Crippen LogP contribution in [0.2, 0.25) is 10.0 Å². The van der Waals surface area contributed by atoms with Gasteiger partial charge in [-0.05, 0) is 49.2 Å². The summed E-state index contributed by atoms with van der Waals surface area (Å²) in [6, 6.07) is 12.4. The highest BCUT2D eigenvalue weighted by molar-refractivity contribution is 6.43. The molecule has 3 aromatic rings. The van der Waals surface area contributed by atoms with Crippen molar-refractivity contribution in [1.82, 2.24) is 15.0 Å². The van der Waals surface area contributed by atoms with Gasteiger partial charge >= 0.3 is 6.03 Å². The monoisotopic (exact) mass is 446 g/mol. The Kier molecular flexibility index (Phi) is 6.11. The van der Waals surface area contributed by atoms with Gasteiger partial charge in [0.2, 0.25) is 11.7 Å². The Morgan fingerprint density at radius 3 is 2.60 bits per heavy atom. The molecule has 1 aliphatic heterocycles. The summed E-state index contributed by atoms with van der Waals surface area (Å²) in [5, 5.41) is 7.65. The molecule has 9 heteroatoms. The average Bonchev–Trinajstić information content (AvgIpc) is 3.27. The average molecular weight is 447 g/mol. The van der Waals surface area contributed by atoms with E-state index in [0.29, 0.717) is 40.5 Å². The number of piperidine rings is 1. The molecule has 30 heavy (non-hydrogen) atoms. The van der Waals surface area contributed by atoms with E-state index in [-0.39, 0.29) is 11.9 Å². The minimum absolute atomic E-state index is 0.114. The number of aromatic nitrogens is 2. The zero-order valence-electron chi connectivity index (χ0n) is 16.3. The van der Waals surface area contributed by atoms with Crippen molar-refractivity contribution < 1.29 is 14.1 Å². The number of halogens is 2. The predicted molar refractivity (Wildman–Crippen MR) is 115 cm³/mol. The number of likely N-dealkylation sites (tertiary alicyclic amines) is 1. The molecule has 0 saturated carbocycles. The Labute approximate surface area is 183 Å². The zero-order chi connectivity index (χ0) is 21.1. The number of amides is 2. The van der Waals surface area contributed by atoms with Crippen LogP contribution in [0.3, 0.4) is 0 Å². The SMILES string of the molecule is COc1ccc(-c2noc(C3CCN(C(=O)Nc4cccc(Cl)c4Cl)CC3)n2)cc1. The van der Waals surface area contributed by atoms with Gasteiger partial charge < -0.3 is 19.5 Å². The van der Waals surface area contributed by atoms with Crippen LogP contribution in [-0.4, -0.2) is 41.3 Å². The first-order valence-corrected chi connectivity index (χ1v) is 10.3. The van der Waals surface area contributed by atoms with E-state index in [9.17, 15) is 4.79 Å². The standard InChI is InChI=1S/C21H20Cl2N4O3/c1-29-15-7-5-13(6-8-15)19-25-20(30-26-19)14-9-11-27(12-10-14)21(28)24-17-4-2-3-16(22)18(17)23/h2-8,14H,9-12H2,1H3,(H,24,28). The summed E-state index contributed by atoms with van der Waals surface area (Å²) in [6.45, 7) is 1.16. The van der Waals surface area contributed by atoms with Crippen LogP contribution in [0.4, 0.5) is 10.5 Å². The minimum atomic E-state index is -0.206. The number of hydrogen-bond donors (Lipinski definition) is 1. The van der Waals surface area contributed by atoms with Crippen LogP contribution in [0.5, 0.6) is 5.75 Å². The first-order valence-electron chi connectivity index (χ1n) is 9.53. The molecule has 0 spiro atoms. The Bertz CT molecular complexity index is 1030. The Hall–Kier alpha value is -2.77. The molecular formula is C21H20Cl2N4O3. The molecule has 0 radical (unpaired) electrons. The summed E-state index contributed by atoms with van der Waals surface area (Å²) in [4.78, 5) is 18.9. The van der Waals surface area contributed by atoms with Crippen molar-refractivity contribution in [3.8, 4) is 17.1 Å². The molecule has 2 aromatic carbocycles. The third-order valence-corrected chi connectivity index (χ3v) is 5.93. The summed E-state index contributed by atoms with van der Waals surface area (Å²) >= 11 is 12.2. The summed E-state index contributed by atoms with van der Waals surface area (Å²) in [7, 11) is 1.62. The van der Waals surface area contributed by atoms with Gasteiger partial charge in [0.05, 0.1) is 22.8 Å². The number of urea groups is 1. The molecule has 1 aromatic heterocycles. The molecule has 156 valence electrons. The number of rotatable bonds is 4. The molecule has 1 fully saturated rings. The van der Waals surface area contributed by atoms with Crippen LogP contribution in [0.15, 0.2) is 47.0 Å². The molecule has 0 bridgehead atoms. The number of nitrogens with zero attached hydrogens (tertiary/aromatic N) is 3. The van der Waals surface area contributed by atoms with Crippen molar-refractivity contribution in [3.05, 3.63) is 58.4 Å². The largest absolute Gasteiger partial charge is 0.497 e. The van der Waals surface area contributed by atoms with Crippen LogP contribution in [0.1, 0.15) is 24.7 Å². The number of hydrogen-bond acceptors (Lipinski definition) is 5. The maximum Gasteiger partial charge on any atom is 0.321 e. The highest BCUT2D eigenvalue weighted by Crippen LogP contribution is 2.31. The molecule has 0 aliphatic carbocycles. The topological polar surface area (TPSA) is 80.5 Å². The number of benzene rings is 2. The van der Waals surface area contributed by atoms with E-state index in [0.717, 1.165) is 24.2 Å². The molecule has 2 amide bonds. The third-order valence-electron chi connectivity index (χ3n) is 5.11. The van der Waals surface area contributed by atoms with Crippen molar-refractivity contribution in [2.45, 2.75) is 18.8 Å². The van der Waals surface area contributed by atoms with E-state index in [1.807, 2.05) is 24.3 Å². The van der Waals surface area contributed by atoms with Crippen LogP contribution < -0.4 is 10.1 Å². The fourth-order valence-corrected chi connectivity index (χ4v) is 3.73. The van der Waals surface area contributed by atoms with E-state index < -0.39 is 0 Å². The molecule has 1 saturated heterocycles. The third kappa shape index (κ3) is 4.37. The lowest BCUT2D eigenvalue weighted by Crippen LogP contribution is -2.40. The smallest absolute Gasteiger partial charge is 0.321 e. The second-order valence-corrected chi connectivity index (χ2v) is 7.76. The lowest BCUT2D eigenvalue weighted by molar-refractivity contribution is 0.187. The lowest BCUT2D eigenvalue weighted by Gasteiger charge is -2.30. The van der Waals surface area contributed by atoms with Gasteiger partial charge in [0.15, 0.2) is 0 Å². The molecule has 0 unspecified atom stereocenters. The van der Waals surface area contributed by atoms with Gasteiger partial charge in [0, 0.05) is 24.6 Å². The molecule has 0 atom stereocenters. The first kappa shape index (κ1) is 20.5. The van der Waals surface area contributed by atoms with Gasteiger partial charge in [0.25, 0.3) is 0 Å². The van der Waals surface area contributed by atoms with Crippen LogP contribution in [-0.2, 0) is 0 Å². The van der Waals surface area contributed by atoms with Crippen LogP contribution in [0.25, 0.3) is 11.4 Å². The zero-order valence-corrected chi connectivity index (χ0v) is 17.8. The summed E-state index contributed by atoms with van der Waals surface area (Å²) in [5.41, 5.74) is 1.36. The van der Waals surface area contributed by atoms with E-state index in [1.54, 1.807) is 30.2 Å². The molecular weight excluding hydrogens is 427 g/mol. The summed E-state index contributed by atoms with van der Waals surface area (Å²) < 4.78 is 10.7. The fourth-order valence-electron chi connectivity index (χ4n) is 3.38. The maximum atomic E-state index is 12.6. The number of carbonyl (C=O) groups is 1. The number of anilines is 1. The molecule has 7 nitrogen and oxygen atoms in total. The van der Waals surface area contributed by atoms with Gasteiger partial charge in [0.1, 0.15) is 5.75 Å². The second kappa shape index (κ2) is 8.93. The van der Waals surface area contributed by atoms with Gasteiger partial charge in [-0.3, -0.25) is 0 Å². The second-order valence-electron chi connectivity index (χ2n) is 6.98. The van der Waals surface area contributed by atoms with Crippen molar-refractivity contribution in [1.29, 1.82) is 0 Å².